The van der Waals surface area contributed by atoms with Gasteiger partial charge >= 0.3 is 0 Å². The number of ether oxygens (including phenoxy) is 1. The summed E-state index contributed by atoms with van der Waals surface area (Å²) in [5, 5.41) is 3.33. The second-order valence-corrected chi connectivity index (χ2v) is 3.98. The molecule has 5 heteroatoms. The quantitative estimate of drug-likeness (QED) is 0.894. The fourth-order valence-corrected chi connectivity index (χ4v) is 1.75. The highest BCUT2D eigenvalue weighted by molar-refractivity contribution is 5.44. The van der Waals surface area contributed by atoms with Crippen molar-refractivity contribution in [2.45, 2.75) is 19.9 Å². The van der Waals surface area contributed by atoms with Crippen molar-refractivity contribution in [1.82, 2.24) is 15.0 Å². The predicted molar refractivity (Wildman–Crippen MR) is 69.6 cm³/mol. The number of hydrogen-bond acceptors (Lipinski definition) is 5. The van der Waals surface area contributed by atoms with Gasteiger partial charge in [0.25, 0.3) is 0 Å². The Bertz CT molecular complexity index is 513. The first kappa shape index (κ1) is 12.3. The Morgan fingerprint density at radius 3 is 2.56 bits per heavy atom. The Balaban J connectivity index is 2.11. The lowest BCUT2D eigenvalue weighted by molar-refractivity contribution is 0.398. The molecule has 1 atom stereocenters. The van der Waals surface area contributed by atoms with Crippen LogP contribution in [0.4, 0.5) is 5.69 Å². The van der Waals surface area contributed by atoms with Gasteiger partial charge < -0.3 is 10.1 Å². The van der Waals surface area contributed by atoms with Crippen LogP contribution in [0.1, 0.15) is 24.4 Å². The summed E-state index contributed by atoms with van der Waals surface area (Å²) in [6.07, 6.45) is 5.13. The number of nitrogens with one attached hydrogen (secondary N) is 1. The van der Waals surface area contributed by atoms with Crippen LogP contribution in [0.5, 0.6) is 5.88 Å². The standard InChI is InChI=1S/C13H16N4O/c1-9-13(15-7-6-14-9)10(2)17-11-4-5-12(18-3)16-8-11/h4-8,10,17H,1-3H3. The minimum absolute atomic E-state index is 0.0777. The van der Waals surface area contributed by atoms with Gasteiger partial charge in [0.05, 0.1) is 36.4 Å². The van der Waals surface area contributed by atoms with Crippen molar-refractivity contribution in [3.8, 4) is 5.88 Å². The normalized spacial score (nSPS) is 11.9. The lowest BCUT2D eigenvalue weighted by Gasteiger charge is -2.15. The number of pyridine rings is 1. The number of aromatic nitrogens is 3. The van der Waals surface area contributed by atoms with E-state index in [0.717, 1.165) is 17.1 Å². The van der Waals surface area contributed by atoms with Crippen molar-refractivity contribution in [1.29, 1.82) is 0 Å². The van der Waals surface area contributed by atoms with E-state index in [-0.39, 0.29) is 6.04 Å². The number of nitrogens with zero attached hydrogens (tertiary/aromatic N) is 3. The third-order valence-corrected chi connectivity index (χ3v) is 2.66. The zero-order valence-corrected chi connectivity index (χ0v) is 10.7. The molecule has 18 heavy (non-hydrogen) atoms. The van der Waals surface area contributed by atoms with Crippen LogP contribution in [0.2, 0.25) is 0 Å². The molecule has 94 valence electrons. The highest BCUT2D eigenvalue weighted by Crippen LogP contribution is 2.19. The van der Waals surface area contributed by atoms with Crippen molar-refractivity contribution < 1.29 is 4.74 Å². The van der Waals surface area contributed by atoms with E-state index in [1.165, 1.54) is 0 Å². The summed E-state index contributed by atoms with van der Waals surface area (Å²) in [5.41, 5.74) is 2.79. The molecule has 2 heterocycles. The van der Waals surface area contributed by atoms with E-state index in [1.807, 2.05) is 26.0 Å². The summed E-state index contributed by atoms with van der Waals surface area (Å²) in [6, 6.07) is 3.82. The van der Waals surface area contributed by atoms with Gasteiger partial charge in [0, 0.05) is 18.5 Å². The molecule has 0 aromatic carbocycles. The van der Waals surface area contributed by atoms with E-state index in [1.54, 1.807) is 25.7 Å². The summed E-state index contributed by atoms with van der Waals surface area (Å²) in [5.74, 6) is 0.601. The van der Waals surface area contributed by atoms with Crippen LogP contribution in [0.3, 0.4) is 0 Å². The first-order chi connectivity index (χ1) is 8.70. The zero-order chi connectivity index (χ0) is 13.0. The lowest BCUT2D eigenvalue weighted by atomic mass is 10.2. The van der Waals surface area contributed by atoms with Crippen molar-refractivity contribution >= 4 is 5.69 Å². The molecule has 5 nitrogen and oxygen atoms in total. The molecule has 0 aliphatic rings. The van der Waals surface area contributed by atoms with Crippen LogP contribution in [-0.2, 0) is 0 Å². The SMILES string of the molecule is COc1ccc(NC(C)c2nccnc2C)cn1. The fraction of sp³-hybridized carbons (Fsp3) is 0.308. The minimum Gasteiger partial charge on any atom is -0.481 e. The Kier molecular flexibility index (Phi) is 3.72. The van der Waals surface area contributed by atoms with Gasteiger partial charge in [-0.3, -0.25) is 9.97 Å². The van der Waals surface area contributed by atoms with Gasteiger partial charge in [0.1, 0.15) is 0 Å². The van der Waals surface area contributed by atoms with Gasteiger partial charge in [-0.2, -0.15) is 0 Å². The number of anilines is 1. The highest BCUT2D eigenvalue weighted by atomic mass is 16.5. The third kappa shape index (κ3) is 2.74. The molecule has 0 aliphatic heterocycles. The average molecular weight is 244 g/mol. The second kappa shape index (κ2) is 5.44. The van der Waals surface area contributed by atoms with Crippen LogP contribution >= 0.6 is 0 Å². The van der Waals surface area contributed by atoms with Crippen LogP contribution in [0.25, 0.3) is 0 Å². The summed E-state index contributed by atoms with van der Waals surface area (Å²) < 4.78 is 5.02. The van der Waals surface area contributed by atoms with E-state index < -0.39 is 0 Å². The fourth-order valence-electron chi connectivity index (χ4n) is 1.75. The van der Waals surface area contributed by atoms with Gasteiger partial charge in [-0.05, 0) is 19.9 Å². The lowest BCUT2D eigenvalue weighted by Crippen LogP contribution is -2.11. The van der Waals surface area contributed by atoms with Gasteiger partial charge in [0.2, 0.25) is 5.88 Å². The monoisotopic (exact) mass is 244 g/mol. The summed E-state index contributed by atoms with van der Waals surface area (Å²) in [4.78, 5) is 12.7. The predicted octanol–water partition coefficient (Wildman–Crippen LogP) is 2.36. The van der Waals surface area contributed by atoms with E-state index >= 15 is 0 Å². The first-order valence-electron chi connectivity index (χ1n) is 5.75. The van der Waals surface area contributed by atoms with Gasteiger partial charge in [-0.15, -0.1) is 0 Å². The molecule has 0 bridgehead atoms. The molecule has 2 aromatic rings. The minimum atomic E-state index is 0.0777. The second-order valence-electron chi connectivity index (χ2n) is 3.98. The molecular formula is C13H16N4O. The number of aryl methyl sites for hydroxylation is 1. The molecule has 0 radical (unpaired) electrons. The molecule has 0 spiro atoms. The molecule has 0 amide bonds. The molecule has 2 aromatic heterocycles. The van der Waals surface area contributed by atoms with Crippen LogP contribution in [-0.4, -0.2) is 22.1 Å². The summed E-state index contributed by atoms with van der Waals surface area (Å²) in [7, 11) is 1.60. The van der Waals surface area contributed by atoms with Gasteiger partial charge in [-0.25, -0.2) is 4.98 Å². The van der Waals surface area contributed by atoms with Gasteiger partial charge in [0.15, 0.2) is 0 Å². The maximum Gasteiger partial charge on any atom is 0.213 e. The largest absolute Gasteiger partial charge is 0.481 e. The number of methoxy groups -OCH3 is 1. The van der Waals surface area contributed by atoms with E-state index in [2.05, 4.69) is 20.3 Å². The van der Waals surface area contributed by atoms with Crippen molar-refractivity contribution in [3.05, 3.63) is 42.1 Å². The topological polar surface area (TPSA) is 59.9 Å². The number of hydrogen-bond donors (Lipinski definition) is 1. The maximum atomic E-state index is 5.02. The highest BCUT2D eigenvalue weighted by Gasteiger charge is 2.10. The Morgan fingerprint density at radius 2 is 1.94 bits per heavy atom. The summed E-state index contributed by atoms with van der Waals surface area (Å²) in [6.45, 7) is 3.99. The first-order valence-corrected chi connectivity index (χ1v) is 5.75. The van der Waals surface area contributed by atoms with E-state index in [4.69, 9.17) is 4.74 Å². The maximum absolute atomic E-state index is 5.02. The third-order valence-electron chi connectivity index (χ3n) is 2.66. The van der Waals surface area contributed by atoms with Crippen molar-refractivity contribution in [2.75, 3.05) is 12.4 Å². The average Bonchev–Trinajstić information content (AvgIpc) is 2.40. The van der Waals surface area contributed by atoms with Gasteiger partial charge in [-0.1, -0.05) is 0 Å². The molecule has 1 unspecified atom stereocenters. The van der Waals surface area contributed by atoms with Crippen LogP contribution in [0, 0.1) is 6.92 Å². The molecule has 0 saturated heterocycles. The van der Waals surface area contributed by atoms with Crippen molar-refractivity contribution in [2.24, 2.45) is 0 Å². The summed E-state index contributed by atoms with van der Waals surface area (Å²) >= 11 is 0. The molecular weight excluding hydrogens is 228 g/mol. The smallest absolute Gasteiger partial charge is 0.213 e. The molecule has 0 saturated carbocycles. The van der Waals surface area contributed by atoms with Crippen LogP contribution < -0.4 is 10.1 Å². The molecule has 1 N–H and O–H groups in total. The van der Waals surface area contributed by atoms with Crippen molar-refractivity contribution in [3.63, 3.8) is 0 Å². The molecule has 0 aliphatic carbocycles. The Hall–Kier alpha value is -2.17. The van der Waals surface area contributed by atoms with E-state index in [9.17, 15) is 0 Å². The Morgan fingerprint density at radius 1 is 1.17 bits per heavy atom. The van der Waals surface area contributed by atoms with Crippen LogP contribution in [0.15, 0.2) is 30.7 Å². The molecule has 0 fully saturated rings. The Labute approximate surface area is 106 Å². The zero-order valence-electron chi connectivity index (χ0n) is 10.7. The van der Waals surface area contributed by atoms with E-state index in [0.29, 0.717) is 5.88 Å². The number of rotatable bonds is 4. The molecule has 2 rings (SSSR count).